The lowest BCUT2D eigenvalue weighted by Gasteiger charge is -2.15. The van der Waals surface area contributed by atoms with E-state index in [4.69, 9.17) is 13.9 Å². The smallest absolute Gasteiger partial charge is 0.383 e. The van der Waals surface area contributed by atoms with E-state index in [0.29, 0.717) is 24.2 Å². The molecule has 5 heteroatoms. The molecule has 124 valence electrons. The molecule has 0 aliphatic rings. The van der Waals surface area contributed by atoms with Gasteiger partial charge in [0.05, 0.1) is 18.1 Å². The predicted octanol–water partition coefficient (Wildman–Crippen LogP) is 4.02. The Bertz CT molecular complexity index is 743. The van der Waals surface area contributed by atoms with E-state index in [1.807, 2.05) is 26.0 Å². The van der Waals surface area contributed by atoms with Crippen molar-refractivity contribution in [2.45, 2.75) is 39.7 Å². The van der Waals surface area contributed by atoms with Gasteiger partial charge in [0.1, 0.15) is 11.3 Å². The molecular formula is C18H22O5. The number of hydrogen-bond donors (Lipinski definition) is 1. The Morgan fingerprint density at radius 1 is 1.26 bits per heavy atom. The average Bonchev–Trinajstić information content (AvgIpc) is 2.48. The Hall–Kier alpha value is -2.43. The first-order chi connectivity index (χ1) is 11.0. The van der Waals surface area contributed by atoms with Crippen molar-refractivity contribution in [3.8, 4) is 17.2 Å². The van der Waals surface area contributed by atoms with E-state index in [1.165, 1.54) is 12.1 Å². The molecule has 0 aliphatic carbocycles. The van der Waals surface area contributed by atoms with Crippen molar-refractivity contribution in [3.05, 3.63) is 40.8 Å². The lowest BCUT2D eigenvalue weighted by molar-refractivity contribution is 0.219. The van der Waals surface area contributed by atoms with Crippen molar-refractivity contribution in [1.29, 1.82) is 0 Å². The summed E-state index contributed by atoms with van der Waals surface area (Å²) in [4.78, 5) is 12.2. The highest BCUT2D eigenvalue weighted by Gasteiger charge is 2.19. The zero-order valence-corrected chi connectivity index (χ0v) is 13.7. The van der Waals surface area contributed by atoms with E-state index in [-0.39, 0.29) is 23.2 Å². The van der Waals surface area contributed by atoms with Crippen LogP contribution in [0.25, 0.3) is 11.0 Å². The monoisotopic (exact) mass is 318 g/mol. The number of fused-ring (bicyclic) bond motifs is 1. The number of phenols is 1. The molecule has 0 saturated heterocycles. The summed E-state index contributed by atoms with van der Waals surface area (Å²) in [5.74, 6) is 0.446. The molecule has 0 unspecified atom stereocenters. The van der Waals surface area contributed by atoms with Crippen molar-refractivity contribution in [2.24, 2.45) is 0 Å². The van der Waals surface area contributed by atoms with Crippen LogP contribution in [-0.4, -0.2) is 17.8 Å². The fraction of sp³-hybridized carbons (Fsp3) is 0.389. The molecule has 0 aliphatic heterocycles. The molecule has 1 heterocycles. The Morgan fingerprint density at radius 2 is 2.04 bits per heavy atom. The number of hydrogen-bond acceptors (Lipinski definition) is 5. The normalized spacial score (nSPS) is 11.5. The molecule has 2 aromatic rings. The van der Waals surface area contributed by atoms with Gasteiger partial charge in [-0.1, -0.05) is 19.1 Å². The number of allylic oxidation sites excluding steroid dienone is 1. The predicted molar refractivity (Wildman–Crippen MR) is 89.5 cm³/mol. The molecule has 0 fully saturated rings. The second-order valence-corrected chi connectivity index (χ2v) is 5.41. The second-order valence-electron chi connectivity index (χ2n) is 5.41. The highest BCUT2D eigenvalue weighted by atomic mass is 16.5. The number of rotatable bonds is 7. The zero-order valence-electron chi connectivity index (χ0n) is 13.7. The van der Waals surface area contributed by atoms with Crippen molar-refractivity contribution < 1.29 is 19.0 Å². The number of aromatic hydroxyl groups is 1. The molecule has 23 heavy (non-hydrogen) atoms. The van der Waals surface area contributed by atoms with E-state index in [0.717, 1.165) is 6.42 Å². The molecule has 1 aromatic carbocycles. The Balaban J connectivity index is 2.40. The van der Waals surface area contributed by atoms with Gasteiger partial charge < -0.3 is 19.0 Å². The van der Waals surface area contributed by atoms with Gasteiger partial charge in [0.15, 0.2) is 5.75 Å². The maximum atomic E-state index is 12.2. The van der Waals surface area contributed by atoms with Gasteiger partial charge in [0.25, 0.3) is 0 Å². The van der Waals surface area contributed by atoms with Gasteiger partial charge in [-0.05, 0) is 38.8 Å². The SMILES string of the molecule is CCC=CCCOc1c(OC(C)C)c2ccc(O)cc2oc1=O. The summed E-state index contributed by atoms with van der Waals surface area (Å²) in [7, 11) is 0. The largest absolute Gasteiger partial charge is 0.508 e. The quantitative estimate of drug-likeness (QED) is 0.474. The first kappa shape index (κ1) is 16.9. The molecule has 1 N–H and O–H groups in total. The molecule has 1 aromatic heterocycles. The Kier molecular flexibility index (Phi) is 5.68. The van der Waals surface area contributed by atoms with Gasteiger partial charge in [0, 0.05) is 6.07 Å². The molecule has 0 radical (unpaired) electrons. The first-order valence-corrected chi connectivity index (χ1v) is 7.77. The maximum absolute atomic E-state index is 12.2. The number of benzene rings is 1. The second kappa shape index (κ2) is 7.72. The third-order valence-corrected chi connectivity index (χ3v) is 3.09. The molecular weight excluding hydrogens is 296 g/mol. The minimum atomic E-state index is -0.613. The van der Waals surface area contributed by atoms with Crippen LogP contribution in [0.2, 0.25) is 0 Å². The van der Waals surface area contributed by atoms with Crippen LogP contribution >= 0.6 is 0 Å². The van der Waals surface area contributed by atoms with E-state index < -0.39 is 5.63 Å². The van der Waals surface area contributed by atoms with Gasteiger partial charge in [-0.25, -0.2) is 4.79 Å². The molecule has 0 amide bonds. The van der Waals surface area contributed by atoms with Crippen molar-refractivity contribution >= 4 is 11.0 Å². The van der Waals surface area contributed by atoms with Crippen molar-refractivity contribution in [3.63, 3.8) is 0 Å². The van der Waals surface area contributed by atoms with Gasteiger partial charge in [0.2, 0.25) is 5.75 Å². The van der Waals surface area contributed by atoms with Crippen molar-refractivity contribution in [1.82, 2.24) is 0 Å². The lowest BCUT2D eigenvalue weighted by atomic mass is 10.2. The summed E-state index contributed by atoms with van der Waals surface area (Å²) in [6.07, 6.45) is 5.58. The van der Waals surface area contributed by atoms with Gasteiger partial charge in [-0.3, -0.25) is 0 Å². The van der Waals surface area contributed by atoms with E-state index in [9.17, 15) is 9.90 Å². The Labute approximate surface area is 135 Å². The first-order valence-electron chi connectivity index (χ1n) is 7.77. The summed E-state index contributed by atoms with van der Waals surface area (Å²) in [5, 5.41) is 10.1. The highest BCUT2D eigenvalue weighted by Crippen LogP contribution is 2.35. The maximum Gasteiger partial charge on any atom is 0.383 e. The van der Waals surface area contributed by atoms with E-state index in [1.54, 1.807) is 6.07 Å². The zero-order chi connectivity index (χ0) is 16.8. The van der Waals surface area contributed by atoms with Crippen molar-refractivity contribution in [2.75, 3.05) is 6.61 Å². The van der Waals surface area contributed by atoms with E-state index in [2.05, 4.69) is 6.92 Å². The molecule has 0 atom stereocenters. The fourth-order valence-electron chi connectivity index (χ4n) is 2.14. The van der Waals surface area contributed by atoms with Gasteiger partial charge in [-0.2, -0.15) is 0 Å². The number of phenolic OH excluding ortho intramolecular Hbond substituents is 1. The third-order valence-electron chi connectivity index (χ3n) is 3.09. The summed E-state index contributed by atoms with van der Waals surface area (Å²) < 4.78 is 16.6. The van der Waals surface area contributed by atoms with Crippen LogP contribution in [0.15, 0.2) is 39.6 Å². The highest BCUT2D eigenvalue weighted by molar-refractivity contribution is 5.86. The molecule has 0 bridgehead atoms. The summed E-state index contributed by atoms with van der Waals surface area (Å²) in [5.41, 5.74) is -0.345. The number of ether oxygens (including phenoxy) is 2. The summed E-state index contributed by atoms with van der Waals surface area (Å²) >= 11 is 0. The van der Waals surface area contributed by atoms with Crippen LogP contribution in [-0.2, 0) is 0 Å². The summed E-state index contributed by atoms with van der Waals surface area (Å²) in [6, 6.07) is 4.55. The lowest BCUT2D eigenvalue weighted by Crippen LogP contribution is -2.14. The topological polar surface area (TPSA) is 68.9 Å². The van der Waals surface area contributed by atoms with Crippen LogP contribution in [0, 0.1) is 0 Å². The van der Waals surface area contributed by atoms with Crippen LogP contribution in [0.4, 0.5) is 0 Å². The standard InChI is InChI=1S/C18H22O5/c1-4-5-6-7-10-21-17-16(22-12(2)3)14-9-8-13(19)11-15(14)23-18(17)20/h5-6,8-9,11-12,19H,4,7,10H2,1-3H3. The summed E-state index contributed by atoms with van der Waals surface area (Å²) in [6.45, 7) is 6.15. The van der Waals surface area contributed by atoms with E-state index >= 15 is 0 Å². The van der Waals surface area contributed by atoms with Crippen LogP contribution in [0.3, 0.4) is 0 Å². The molecule has 5 nitrogen and oxygen atoms in total. The van der Waals surface area contributed by atoms with Crippen LogP contribution in [0.5, 0.6) is 17.2 Å². The Morgan fingerprint density at radius 3 is 2.74 bits per heavy atom. The van der Waals surface area contributed by atoms with Gasteiger partial charge in [-0.15, -0.1) is 0 Å². The third kappa shape index (κ3) is 4.28. The van der Waals surface area contributed by atoms with Gasteiger partial charge >= 0.3 is 5.63 Å². The molecule has 0 saturated carbocycles. The van der Waals surface area contributed by atoms with Crippen LogP contribution < -0.4 is 15.1 Å². The minimum absolute atomic E-state index is 0.0227. The fourth-order valence-corrected chi connectivity index (χ4v) is 2.14. The minimum Gasteiger partial charge on any atom is -0.508 e. The molecule has 0 spiro atoms. The average molecular weight is 318 g/mol. The van der Waals surface area contributed by atoms with Crippen LogP contribution in [0.1, 0.15) is 33.6 Å². The molecule has 2 rings (SSSR count).